The predicted octanol–water partition coefficient (Wildman–Crippen LogP) is 1.25. The third-order valence-electron chi connectivity index (χ3n) is 2.10. The smallest absolute Gasteiger partial charge is 0.346 e. The zero-order valence-electron chi connectivity index (χ0n) is 9.87. The molecule has 0 aliphatic carbocycles. The van der Waals surface area contributed by atoms with E-state index in [1.165, 1.54) is 13.0 Å². The number of aromatic nitrogens is 2. The monoisotopic (exact) mass is 303 g/mol. The minimum absolute atomic E-state index is 0.0258. The van der Waals surface area contributed by atoms with E-state index in [0.717, 1.165) is 0 Å². The minimum Gasteiger partial charge on any atom is -0.477 e. The average Bonchev–Trinajstić information content (AvgIpc) is 2.84. The molecule has 0 bridgehead atoms. The Kier molecular flexibility index (Phi) is 3.28. The third-order valence-corrected chi connectivity index (χ3v) is 5.12. The summed E-state index contributed by atoms with van der Waals surface area (Å²) < 4.78 is 30.6. The highest BCUT2D eigenvalue weighted by Crippen LogP contribution is 2.27. The van der Waals surface area contributed by atoms with Crippen LogP contribution in [-0.4, -0.2) is 29.6 Å². The third kappa shape index (κ3) is 2.74. The van der Waals surface area contributed by atoms with Crippen LogP contribution in [0.3, 0.4) is 0 Å². The van der Waals surface area contributed by atoms with Crippen LogP contribution < -0.4 is 4.72 Å². The highest BCUT2D eigenvalue weighted by atomic mass is 32.2. The van der Waals surface area contributed by atoms with Crippen molar-refractivity contribution in [2.45, 2.75) is 18.1 Å². The first-order valence-corrected chi connectivity index (χ1v) is 7.26. The van der Waals surface area contributed by atoms with Crippen molar-refractivity contribution in [3.05, 3.63) is 22.3 Å². The summed E-state index contributed by atoms with van der Waals surface area (Å²) in [4.78, 5) is 14.6. The lowest BCUT2D eigenvalue weighted by molar-refractivity contribution is 0.0701. The topological polar surface area (TPSA) is 122 Å². The number of sulfonamides is 1. The molecule has 0 atom stereocenters. The van der Waals surface area contributed by atoms with Crippen molar-refractivity contribution in [1.29, 1.82) is 0 Å². The van der Waals surface area contributed by atoms with Crippen LogP contribution in [0, 0.1) is 13.8 Å². The van der Waals surface area contributed by atoms with E-state index in [4.69, 9.17) is 5.11 Å². The average molecular weight is 303 g/mol. The van der Waals surface area contributed by atoms with Crippen LogP contribution in [0.4, 0.5) is 6.01 Å². The molecule has 0 fully saturated rings. The lowest BCUT2D eigenvalue weighted by atomic mass is 10.3. The van der Waals surface area contributed by atoms with Gasteiger partial charge in [-0.15, -0.1) is 11.3 Å². The van der Waals surface area contributed by atoms with Gasteiger partial charge in [0.05, 0.1) is 0 Å². The molecule has 2 heterocycles. The van der Waals surface area contributed by atoms with E-state index < -0.39 is 16.0 Å². The number of aromatic carboxylic acids is 1. The van der Waals surface area contributed by atoms with Crippen LogP contribution in [0.1, 0.15) is 21.1 Å². The first-order valence-electron chi connectivity index (χ1n) is 4.96. The highest BCUT2D eigenvalue weighted by Gasteiger charge is 2.23. The zero-order chi connectivity index (χ0) is 14.2. The van der Waals surface area contributed by atoms with Crippen molar-refractivity contribution >= 4 is 33.3 Å². The molecule has 2 N–H and O–H groups in total. The van der Waals surface area contributed by atoms with Gasteiger partial charge in [0.15, 0.2) is 5.82 Å². The summed E-state index contributed by atoms with van der Waals surface area (Å²) in [6, 6.07) is 1.01. The molecule has 0 unspecified atom stereocenters. The molecule has 2 aromatic heterocycles. The number of thiophene rings is 1. The SMILES string of the molecule is Cc1noc(NS(=O)(=O)c2cc(C)c(C(=O)O)s2)n1. The van der Waals surface area contributed by atoms with Crippen LogP contribution >= 0.6 is 11.3 Å². The molecule has 0 aromatic carbocycles. The zero-order valence-corrected chi connectivity index (χ0v) is 11.5. The van der Waals surface area contributed by atoms with Gasteiger partial charge in [-0.25, -0.2) is 17.9 Å². The molecule has 0 aliphatic rings. The Labute approximate surface area is 112 Å². The summed E-state index contributed by atoms with van der Waals surface area (Å²) in [5.41, 5.74) is 0.375. The summed E-state index contributed by atoms with van der Waals surface area (Å²) in [5, 5.41) is 12.3. The van der Waals surface area contributed by atoms with Gasteiger partial charge in [-0.3, -0.25) is 0 Å². The van der Waals surface area contributed by atoms with Crippen LogP contribution in [0.5, 0.6) is 0 Å². The molecule has 2 rings (SSSR count). The molecule has 102 valence electrons. The number of rotatable bonds is 4. The summed E-state index contributed by atoms with van der Waals surface area (Å²) in [6.45, 7) is 3.06. The highest BCUT2D eigenvalue weighted by molar-refractivity contribution is 7.94. The summed E-state index contributed by atoms with van der Waals surface area (Å²) in [5.74, 6) is -0.885. The number of aryl methyl sites for hydroxylation is 2. The van der Waals surface area contributed by atoms with Crippen molar-refractivity contribution in [2.75, 3.05) is 4.72 Å². The lowest BCUT2D eigenvalue weighted by Crippen LogP contribution is -2.11. The van der Waals surface area contributed by atoms with Crippen molar-refractivity contribution in [3.63, 3.8) is 0 Å². The molecule has 0 aliphatic heterocycles. The predicted molar refractivity (Wildman–Crippen MR) is 65.9 cm³/mol. The largest absolute Gasteiger partial charge is 0.477 e. The molecule has 8 nitrogen and oxygen atoms in total. The van der Waals surface area contributed by atoms with Crippen LogP contribution in [-0.2, 0) is 10.0 Å². The maximum atomic E-state index is 12.0. The van der Waals surface area contributed by atoms with Crippen LogP contribution in [0.15, 0.2) is 14.8 Å². The molecule has 0 spiro atoms. The first kappa shape index (κ1) is 13.5. The quantitative estimate of drug-likeness (QED) is 0.871. The van der Waals surface area contributed by atoms with Gasteiger partial charge in [-0.2, -0.15) is 4.98 Å². The molecular formula is C9H9N3O5S2. The van der Waals surface area contributed by atoms with E-state index >= 15 is 0 Å². The van der Waals surface area contributed by atoms with Gasteiger partial charge < -0.3 is 9.63 Å². The number of carboxylic acid groups (broad SMARTS) is 1. The molecule has 2 aromatic rings. The van der Waals surface area contributed by atoms with Gasteiger partial charge >= 0.3 is 12.0 Å². The molecule has 0 saturated carbocycles. The second-order valence-electron chi connectivity index (χ2n) is 3.63. The van der Waals surface area contributed by atoms with Crippen molar-refractivity contribution in [2.24, 2.45) is 0 Å². The molecule has 0 amide bonds. The van der Waals surface area contributed by atoms with Gasteiger partial charge in [-0.1, -0.05) is 5.16 Å². The fraction of sp³-hybridized carbons (Fsp3) is 0.222. The summed E-state index contributed by atoms with van der Waals surface area (Å²) in [6.07, 6.45) is 0. The van der Waals surface area contributed by atoms with Crippen molar-refractivity contribution in [1.82, 2.24) is 10.1 Å². The van der Waals surface area contributed by atoms with Crippen molar-refractivity contribution in [3.8, 4) is 0 Å². The van der Waals surface area contributed by atoms with Gasteiger partial charge in [-0.05, 0) is 25.5 Å². The minimum atomic E-state index is -3.93. The Hall–Kier alpha value is -1.94. The van der Waals surface area contributed by atoms with Crippen LogP contribution in [0.25, 0.3) is 0 Å². The van der Waals surface area contributed by atoms with E-state index in [-0.39, 0.29) is 20.9 Å². The van der Waals surface area contributed by atoms with Crippen molar-refractivity contribution < 1.29 is 22.8 Å². The Morgan fingerprint density at radius 3 is 2.63 bits per heavy atom. The molecule has 10 heteroatoms. The van der Waals surface area contributed by atoms with E-state index in [0.29, 0.717) is 16.9 Å². The number of nitrogens with zero attached hydrogens (tertiary/aromatic N) is 2. The lowest BCUT2D eigenvalue weighted by Gasteiger charge is -1.99. The molecule has 0 saturated heterocycles. The Bertz CT molecular complexity index is 731. The van der Waals surface area contributed by atoms with Gasteiger partial charge in [0, 0.05) is 0 Å². The van der Waals surface area contributed by atoms with E-state index in [9.17, 15) is 13.2 Å². The number of anilines is 1. The normalized spacial score (nSPS) is 11.5. The first-order chi connectivity index (χ1) is 8.79. The molecule has 0 radical (unpaired) electrons. The van der Waals surface area contributed by atoms with E-state index in [1.54, 1.807) is 6.92 Å². The Morgan fingerprint density at radius 1 is 1.47 bits per heavy atom. The molecular weight excluding hydrogens is 294 g/mol. The maximum absolute atomic E-state index is 12.0. The number of carbonyl (C=O) groups is 1. The van der Waals surface area contributed by atoms with Crippen LogP contribution in [0.2, 0.25) is 0 Å². The summed E-state index contributed by atoms with van der Waals surface area (Å²) in [7, 11) is -3.93. The Balaban J connectivity index is 2.34. The van der Waals surface area contributed by atoms with E-state index in [1.807, 2.05) is 0 Å². The number of hydrogen-bond donors (Lipinski definition) is 2. The van der Waals surface area contributed by atoms with Gasteiger partial charge in [0.25, 0.3) is 10.0 Å². The Morgan fingerprint density at radius 2 is 2.16 bits per heavy atom. The van der Waals surface area contributed by atoms with Gasteiger partial charge in [0.2, 0.25) is 0 Å². The second kappa shape index (κ2) is 4.63. The fourth-order valence-electron chi connectivity index (χ4n) is 1.30. The standard InChI is InChI=1S/C9H9N3O5S2/c1-4-3-6(18-7(4)8(13)14)19(15,16)12-9-10-5(2)11-17-9/h3H,1-2H3,(H,13,14)(H,10,11,12). The summed E-state index contributed by atoms with van der Waals surface area (Å²) >= 11 is 0.661. The number of hydrogen-bond acceptors (Lipinski definition) is 7. The number of nitrogens with one attached hydrogen (secondary N) is 1. The second-order valence-corrected chi connectivity index (χ2v) is 6.60. The fourth-order valence-corrected chi connectivity index (χ4v) is 3.60. The van der Waals surface area contributed by atoms with Gasteiger partial charge in [0.1, 0.15) is 9.09 Å². The van der Waals surface area contributed by atoms with E-state index in [2.05, 4.69) is 19.4 Å². The number of carboxylic acids is 1. The maximum Gasteiger partial charge on any atom is 0.346 e. The molecule has 19 heavy (non-hydrogen) atoms.